The van der Waals surface area contributed by atoms with E-state index in [1.807, 2.05) is 42.3 Å². The Bertz CT molecular complexity index is 1050. The predicted octanol–water partition coefficient (Wildman–Crippen LogP) is 1.79. The van der Waals surface area contributed by atoms with Gasteiger partial charge in [-0.25, -0.2) is 0 Å². The average Bonchev–Trinajstić information content (AvgIpc) is 3.41. The van der Waals surface area contributed by atoms with Crippen molar-refractivity contribution in [2.45, 2.75) is 36.2 Å². The third-order valence-corrected chi connectivity index (χ3v) is 7.59. The van der Waals surface area contributed by atoms with Crippen LogP contribution in [0.4, 0.5) is 0 Å². The number of aromatic nitrogens is 1. The molecule has 1 N–H and O–H groups in total. The second-order valence-electron chi connectivity index (χ2n) is 8.46. The molecule has 0 spiro atoms. The third kappa shape index (κ3) is 3.18. The number of piperazine rings is 1. The number of carbonyl (C=O) groups is 2. The fourth-order valence-corrected chi connectivity index (χ4v) is 5.32. The monoisotopic (exact) mass is 424 g/mol. The molecule has 0 radical (unpaired) electrons. The van der Waals surface area contributed by atoms with Gasteiger partial charge in [-0.1, -0.05) is 30.0 Å². The van der Waals surface area contributed by atoms with Gasteiger partial charge in [-0.2, -0.15) is 0 Å². The summed E-state index contributed by atoms with van der Waals surface area (Å²) in [7, 11) is 0. The van der Waals surface area contributed by atoms with Crippen molar-refractivity contribution in [3.8, 4) is 0 Å². The van der Waals surface area contributed by atoms with Gasteiger partial charge < -0.3 is 14.9 Å². The van der Waals surface area contributed by atoms with Gasteiger partial charge >= 0.3 is 0 Å². The van der Waals surface area contributed by atoms with Crippen LogP contribution in [0, 0.1) is 0 Å². The van der Waals surface area contributed by atoms with Crippen LogP contribution in [0.25, 0.3) is 10.9 Å². The van der Waals surface area contributed by atoms with Gasteiger partial charge in [-0.05, 0) is 37.5 Å². The van der Waals surface area contributed by atoms with Crippen LogP contribution < -0.4 is 0 Å². The quantitative estimate of drug-likeness (QED) is 0.812. The number of carbonyl (C=O) groups excluding carboxylic acids is 2. The summed E-state index contributed by atoms with van der Waals surface area (Å²) in [4.78, 5) is 38.5. The molecule has 3 aliphatic rings. The van der Waals surface area contributed by atoms with Gasteiger partial charge in [0, 0.05) is 37.8 Å². The number of benzene rings is 1. The molecule has 2 aliphatic heterocycles. The van der Waals surface area contributed by atoms with E-state index in [4.69, 9.17) is 0 Å². The zero-order valence-electron chi connectivity index (χ0n) is 16.8. The first kappa shape index (κ1) is 19.5. The molecule has 2 aromatic rings. The van der Waals surface area contributed by atoms with Gasteiger partial charge in [-0.15, -0.1) is 0 Å². The minimum Gasteiger partial charge on any atom is -0.380 e. The van der Waals surface area contributed by atoms with Gasteiger partial charge in [0.05, 0.1) is 11.1 Å². The van der Waals surface area contributed by atoms with Crippen molar-refractivity contribution < 1.29 is 14.7 Å². The second-order valence-corrected chi connectivity index (χ2v) is 9.42. The van der Waals surface area contributed by atoms with Crippen LogP contribution in [0.2, 0.25) is 0 Å². The lowest BCUT2D eigenvalue weighted by molar-refractivity contribution is -0.147. The molecule has 7 nitrogen and oxygen atoms in total. The maximum atomic E-state index is 13.4. The molecule has 1 aliphatic carbocycles. The summed E-state index contributed by atoms with van der Waals surface area (Å²) in [5.41, 5.74) is 1.77. The van der Waals surface area contributed by atoms with Gasteiger partial charge in [0.25, 0.3) is 5.91 Å². The van der Waals surface area contributed by atoms with E-state index in [0.717, 1.165) is 16.5 Å². The van der Waals surface area contributed by atoms with Crippen molar-refractivity contribution in [2.75, 3.05) is 26.2 Å². The largest absolute Gasteiger partial charge is 0.380 e. The summed E-state index contributed by atoms with van der Waals surface area (Å²) in [6.07, 6.45) is 2.90. The lowest BCUT2D eigenvalue weighted by Gasteiger charge is -2.38. The molecule has 1 saturated heterocycles. The molecule has 2 unspecified atom stereocenters. The van der Waals surface area contributed by atoms with E-state index in [1.54, 1.807) is 10.4 Å². The number of thioether (sulfide) groups is 1. The number of fused-ring (bicyclic) bond motifs is 1. The average molecular weight is 425 g/mol. The molecule has 2 amide bonds. The zero-order chi connectivity index (χ0) is 20.9. The molecular weight excluding hydrogens is 400 g/mol. The first-order valence-electron chi connectivity index (χ1n) is 10.3. The lowest BCUT2D eigenvalue weighted by Crippen LogP contribution is -2.56. The number of aliphatic imine (C=N–C) groups is 1. The number of rotatable bonds is 3. The number of para-hydroxylation sites is 1. The van der Waals surface area contributed by atoms with Crippen LogP contribution in [0.1, 0.15) is 25.3 Å². The first-order chi connectivity index (χ1) is 14.4. The van der Waals surface area contributed by atoms with E-state index in [0.29, 0.717) is 39.0 Å². The van der Waals surface area contributed by atoms with Gasteiger partial charge in [-0.3, -0.25) is 19.6 Å². The van der Waals surface area contributed by atoms with E-state index in [-0.39, 0.29) is 17.1 Å². The van der Waals surface area contributed by atoms with Crippen molar-refractivity contribution in [1.29, 1.82) is 0 Å². The molecular formula is C22H24N4O3S. The maximum Gasteiger partial charge on any atom is 0.254 e. The number of amides is 2. The van der Waals surface area contributed by atoms with Gasteiger partial charge in [0.15, 0.2) is 0 Å². The Kier molecular flexibility index (Phi) is 4.59. The summed E-state index contributed by atoms with van der Waals surface area (Å²) in [5.74, 6) is -0.161. The molecule has 2 fully saturated rings. The summed E-state index contributed by atoms with van der Waals surface area (Å²) in [6.45, 7) is 3.85. The van der Waals surface area contributed by atoms with Crippen LogP contribution in [-0.4, -0.2) is 74.3 Å². The van der Waals surface area contributed by atoms with Crippen LogP contribution in [-0.2, 0) is 15.1 Å². The Labute approximate surface area is 179 Å². The maximum absolute atomic E-state index is 13.4. The molecule has 1 saturated carbocycles. The van der Waals surface area contributed by atoms with Crippen molar-refractivity contribution in [3.05, 3.63) is 42.1 Å². The van der Waals surface area contributed by atoms with E-state index < -0.39 is 11.1 Å². The molecule has 30 heavy (non-hydrogen) atoms. The Balaban J connectivity index is 1.32. The topological polar surface area (TPSA) is 86.1 Å². The third-order valence-electron chi connectivity index (χ3n) is 6.43. The number of pyridine rings is 1. The lowest BCUT2D eigenvalue weighted by atomic mass is 9.88. The number of hydrogen-bond donors (Lipinski definition) is 1. The summed E-state index contributed by atoms with van der Waals surface area (Å²) >= 11 is 1.44. The van der Waals surface area contributed by atoms with Crippen molar-refractivity contribution in [2.24, 2.45) is 4.99 Å². The van der Waals surface area contributed by atoms with Crippen LogP contribution in [0.15, 0.2) is 41.5 Å². The number of aliphatic hydroxyl groups is 1. The Morgan fingerprint density at radius 1 is 1.13 bits per heavy atom. The van der Waals surface area contributed by atoms with E-state index >= 15 is 0 Å². The summed E-state index contributed by atoms with van der Waals surface area (Å²) < 4.78 is 0. The van der Waals surface area contributed by atoms with E-state index in [9.17, 15) is 14.7 Å². The molecule has 2 atom stereocenters. The molecule has 0 bridgehead atoms. The highest BCUT2D eigenvalue weighted by atomic mass is 32.2. The highest BCUT2D eigenvalue weighted by Crippen LogP contribution is 2.42. The minimum absolute atomic E-state index is 0.0328. The van der Waals surface area contributed by atoms with Crippen LogP contribution in [0.3, 0.4) is 0 Å². The van der Waals surface area contributed by atoms with Gasteiger partial charge in [0.2, 0.25) is 5.91 Å². The van der Waals surface area contributed by atoms with Crippen molar-refractivity contribution in [3.63, 3.8) is 0 Å². The van der Waals surface area contributed by atoms with Crippen molar-refractivity contribution in [1.82, 2.24) is 14.8 Å². The smallest absolute Gasteiger partial charge is 0.254 e. The Morgan fingerprint density at radius 3 is 2.57 bits per heavy atom. The SMILES string of the molecule is CC1(c2cnc3ccccc3c2)N=CSC1C(=O)N1CCN(C(=O)C2(O)CC2)CC1. The minimum atomic E-state index is -1.15. The molecule has 5 rings (SSSR count). The highest BCUT2D eigenvalue weighted by Gasteiger charge is 2.51. The molecule has 156 valence electrons. The standard InChI is InChI=1S/C22H24N4O3S/c1-21(16-12-15-4-2-3-5-17(15)23-13-16)18(30-14-24-21)19(27)25-8-10-26(11-9-25)20(28)22(29)6-7-22/h2-5,12-14,18,29H,6-11H2,1H3. The Hall–Kier alpha value is -2.45. The number of hydrogen-bond acceptors (Lipinski definition) is 6. The summed E-state index contributed by atoms with van der Waals surface area (Å²) in [5, 5.41) is 10.7. The second kappa shape index (κ2) is 7.06. The zero-order valence-corrected chi connectivity index (χ0v) is 17.6. The van der Waals surface area contributed by atoms with Crippen LogP contribution in [0.5, 0.6) is 0 Å². The van der Waals surface area contributed by atoms with E-state index in [2.05, 4.69) is 16.0 Å². The molecule has 1 aromatic carbocycles. The highest BCUT2D eigenvalue weighted by molar-refractivity contribution is 8.13. The Morgan fingerprint density at radius 2 is 1.83 bits per heavy atom. The van der Waals surface area contributed by atoms with Crippen molar-refractivity contribution >= 4 is 40.0 Å². The number of nitrogens with zero attached hydrogens (tertiary/aromatic N) is 4. The fraction of sp³-hybridized carbons (Fsp3) is 0.455. The van der Waals surface area contributed by atoms with E-state index in [1.165, 1.54) is 11.8 Å². The fourth-order valence-electron chi connectivity index (χ4n) is 4.20. The van der Waals surface area contributed by atoms with Crippen LogP contribution >= 0.6 is 11.8 Å². The molecule has 1 aromatic heterocycles. The molecule has 3 heterocycles. The predicted molar refractivity (Wildman–Crippen MR) is 116 cm³/mol. The van der Waals surface area contributed by atoms with Gasteiger partial charge in [0.1, 0.15) is 16.4 Å². The normalized spacial score (nSPS) is 27.5. The summed E-state index contributed by atoms with van der Waals surface area (Å²) in [6, 6.07) is 9.99. The molecule has 8 heteroatoms. The first-order valence-corrected chi connectivity index (χ1v) is 11.2.